The van der Waals surface area contributed by atoms with Crippen LogP contribution in [0.3, 0.4) is 0 Å². The molecule has 9 aromatic rings. The molecule has 0 spiro atoms. The zero-order valence-corrected chi connectivity index (χ0v) is 27.9. The van der Waals surface area contributed by atoms with Crippen LogP contribution >= 0.6 is 0 Å². The van der Waals surface area contributed by atoms with Crippen LogP contribution < -0.4 is 0 Å². The van der Waals surface area contributed by atoms with Crippen LogP contribution in [-0.4, -0.2) is 14.5 Å². The molecule has 1 aliphatic carbocycles. The van der Waals surface area contributed by atoms with Gasteiger partial charge in [0.05, 0.1) is 11.0 Å². The Morgan fingerprint density at radius 2 is 1.06 bits per heavy atom. The molecule has 3 heteroatoms. The van der Waals surface area contributed by atoms with Crippen molar-refractivity contribution in [3.63, 3.8) is 0 Å². The molecular weight excluding hydrogens is 607 g/mol. The molecule has 236 valence electrons. The van der Waals surface area contributed by atoms with Gasteiger partial charge in [0, 0.05) is 34.1 Å². The molecule has 0 fully saturated rings. The van der Waals surface area contributed by atoms with Crippen LogP contribution in [0.4, 0.5) is 0 Å². The van der Waals surface area contributed by atoms with Crippen molar-refractivity contribution in [3.05, 3.63) is 175 Å². The average molecular weight is 640 g/mol. The lowest BCUT2D eigenvalue weighted by Crippen LogP contribution is -2.17. The van der Waals surface area contributed by atoms with Gasteiger partial charge in [0.15, 0.2) is 0 Å². The van der Waals surface area contributed by atoms with Gasteiger partial charge in [0.2, 0.25) is 5.95 Å². The summed E-state index contributed by atoms with van der Waals surface area (Å²) in [4.78, 5) is 10.3. The first kappa shape index (κ1) is 28.7. The molecule has 0 N–H and O–H groups in total. The summed E-state index contributed by atoms with van der Waals surface area (Å²) >= 11 is 0. The highest BCUT2D eigenvalue weighted by Crippen LogP contribution is 2.54. The second kappa shape index (κ2) is 10.8. The van der Waals surface area contributed by atoms with Gasteiger partial charge in [-0.05, 0) is 85.1 Å². The van der Waals surface area contributed by atoms with Gasteiger partial charge in [-0.1, -0.05) is 141 Å². The Balaban J connectivity index is 1.18. The second-order valence-corrected chi connectivity index (χ2v) is 13.9. The van der Waals surface area contributed by atoms with Crippen molar-refractivity contribution in [2.45, 2.75) is 19.3 Å². The zero-order chi connectivity index (χ0) is 33.4. The van der Waals surface area contributed by atoms with E-state index in [1.54, 1.807) is 0 Å². The number of hydrogen-bond donors (Lipinski definition) is 0. The van der Waals surface area contributed by atoms with Crippen LogP contribution in [0.2, 0.25) is 0 Å². The van der Waals surface area contributed by atoms with E-state index in [1.165, 1.54) is 71.6 Å². The van der Waals surface area contributed by atoms with Gasteiger partial charge in [-0.2, -0.15) is 0 Å². The predicted octanol–water partition coefficient (Wildman–Crippen LogP) is 12.0. The second-order valence-electron chi connectivity index (χ2n) is 13.9. The molecule has 0 saturated heterocycles. The van der Waals surface area contributed by atoms with Gasteiger partial charge in [-0.25, -0.2) is 9.97 Å². The third-order valence-electron chi connectivity index (χ3n) is 10.7. The third kappa shape index (κ3) is 4.23. The molecule has 50 heavy (non-hydrogen) atoms. The SMILES string of the molecule is CC1(C)c2ccc3ccccc3c2-c2ccc3c4ccccc4n(-c4ncc(-c5cc(-c6ccccc6)cc(-c6ccccc6)c5)cn4)c3c21. The summed E-state index contributed by atoms with van der Waals surface area (Å²) < 4.78 is 2.29. The molecule has 1 aliphatic rings. The lowest BCUT2D eigenvalue weighted by Gasteiger charge is -2.23. The van der Waals surface area contributed by atoms with E-state index in [0.29, 0.717) is 5.95 Å². The summed E-state index contributed by atoms with van der Waals surface area (Å²) in [6, 6.07) is 54.5. The number of hydrogen-bond acceptors (Lipinski definition) is 2. The Morgan fingerprint density at radius 3 is 1.74 bits per heavy atom. The van der Waals surface area contributed by atoms with Crippen LogP contribution in [0.1, 0.15) is 25.0 Å². The minimum atomic E-state index is -0.216. The van der Waals surface area contributed by atoms with Gasteiger partial charge in [0.25, 0.3) is 0 Å². The normalized spacial score (nSPS) is 13.2. The van der Waals surface area contributed by atoms with Crippen LogP contribution in [0.25, 0.3) is 83.0 Å². The van der Waals surface area contributed by atoms with Crippen LogP contribution in [0.5, 0.6) is 0 Å². The molecule has 2 aromatic heterocycles. The van der Waals surface area contributed by atoms with E-state index in [0.717, 1.165) is 16.6 Å². The first-order chi connectivity index (χ1) is 24.6. The summed E-state index contributed by atoms with van der Waals surface area (Å²) in [5, 5.41) is 4.99. The molecule has 0 atom stereocenters. The van der Waals surface area contributed by atoms with Crippen molar-refractivity contribution in [2.24, 2.45) is 0 Å². The Labute approximate surface area is 291 Å². The van der Waals surface area contributed by atoms with Crippen LogP contribution in [0, 0.1) is 0 Å². The number of fused-ring (bicyclic) bond motifs is 9. The van der Waals surface area contributed by atoms with Gasteiger partial charge in [-0.3, -0.25) is 4.57 Å². The van der Waals surface area contributed by atoms with Crippen molar-refractivity contribution >= 4 is 32.6 Å². The van der Waals surface area contributed by atoms with Crippen molar-refractivity contribution in [1.82, 2.24) is 14.5 Å². The Bertz CT molecular complexity index is 2700. The molecule has 0 amide bonds. The monoisotopic (exact) mass is 639 g/mol. The zero-order valence-electron chi connectivity index (χ0n) is 27.9. The highest BCUT2D eigenvalue weighted by atomic mass is 15.2. The van der Waals surface area contributed by atoms with E-state index >= 15 is 0 Å². The number of aromatic nitrogens is 3. The van der Waals surface area contributed by atoms with E-state index in [1.807, 2.05) is 12.4 Å². The van der Waals surface area contributed by atoms with E-state index in [9.17, 15) is 0 Å². The summed E-state index contributed by atoms with van der Waals surface area (Å²) in [6.45, 7) is 4.73. The molecule has 7 aromatic carbocycles. The highest BCUT2D eigenvalue weighted by molar-refractivity contribution is 6.14. The van der Waals surface area contributed by atoms with Gasteiger partial charge >= 0.3 is 0 Å². The van der Waals surface area contributed by atoms with E-state index in [4.69, 9.17) is 9.97 Å². The fraction of sp³-hybridized carbons (Fsp3) is 0.0638. The maximum absolute atomic E-state index is 5.13. The van der Waals surface area contributed by atoms with Crippen LogP contribution in [-0.2, 0) is 5.41 Å². The third-order valence-corrected chi connectivity index (χ3v) is 10.7. The number of benzene rings is 7. The van der Waals surface area contributed by atoms with E-state index in [-0.39, 0.29) is 5.41 Å². The summed E-state index contributed by atoms with van der Waals surface area (Å²) in [5.74, 6) is 0.674. The number of para-hydroxylation sites is 1. The quantitative estimate of drug-likeness (QED) is 0.192. The molecule has 3 nitrogen and oxygen atoms in total. The molecular formula is C47H33N3. The van der Waals surface area contributed by atoms with E-state index in [2.05, 4.69) is 170 Å². The fourth-order valence-corrected chi connectivity index (χ4v) is 8.30. The first-order valence-corrected chi connectivity index (χ1v) is 17.2. The van der Waals surface area contributed by atoms with Gasteiger partial charge in [0.1, 0.15) is 0 Å². The Hall–Kier alpha value is -6.32. The molecule has 0 aliphatic heterocycles. The number of rotatable bonds is 4. The smallest absolute Gasteiger partial charge is 0.234 e. The minimum Gasteiger partial charge on any atom is -0.278 e. The topological polar surface area (TPSA) is 30.7 Å². The first-order valence-electron chi connectivity index (χ1n) is 17.2. The average Bonchev–Trinajstić information content (AvgIpc) is 3.64. The highest BCUT2D eigenvalue weighted by Gasteiger charge is 2.39. The molecule has 0 radical (unpaired) electrons. The van der Waals surface area contributed by atoms with Crippen LogP contribution in [0.15, 0.2) is 164 Å². The maximum atomic E-state index is 5.13. The Kier molecular flexibility index (Phi) is 6.22. The molecule has 0 saturated carbocycles. The standard InChI is InChI=1S/C47H33N3/c1-47(2)41-24-21-32-17-9-10-18-37(32)43(41)40-23-22-39-38-19-11-12-20-42(38)50(45(39)44(40)47)46-48-28-36(29-49-46)35-26-33(30-13-5-3-6-14-30)25-34(27-35)31-15-7-4-8-16-31/h3-29H,1-2H3. The lowest BCUT2D eigenvalue weighted by molar-refractivity contribution is 0.664. The van der Waals surface area contributed by atoms with Crippen molar-refractivity contribution in [3.8, 4) is 50.5 Å². The largest absolute Gasteiger partial charge is 0.278 e. The molecule has 10 rings (SSSR count). The molecule has 2 heterocycles. The number of nitrogens with zero attached hydrogens (tertiary/aromatic N) is 3. The molecule has 0 unspecified atom stereocenters. The maximum Gasteiger partial charge on any atom is 0.234 e. The van der Waals surface area contributed by atoms with Crippen molar-refractivity contribution in [1.29, 1.82) is 0 Å². The van der Waals surface area contributed by atoms with Gasteiger partial charge < -0.3 is 0 Å². The summed E-state index contributed by atoms with van der Waals surface area (Å²) in [6.07, 6.45) is 3.97. The summed E-state index contributed by atoms with van der Waals surface area (Å²) in [7, 11) is 0. The minimum absolute atomic E-state index is 0.216. The predicted molar refractivity (Wildman–Crippen MR) is 208 cm³/mol. The Morgan fingerprint density at radius 1 is 0.480 bits per heavy atom. The van der Waals surface area contributed by atoms with Crippen molar-refractivity contribution in [2.75, 3.05) is 0 Å². The lowest BCUT2D eigenvalue weighted by atomic mass is 9.81. The van der Waals surface area contributed by atoms with E-state index < -0.39 is 0 Å². The summed E-state index contributed by atoms with van der Waals surface area (Å²) in [5.41, 5.74) is 14.1. The fourth-order valence-electron chi connectivity index (χ4n) is 8.30. The van der Waals surface area contributed by atoms with Crippen molar-refractivity contribution < 1.29 is 0 Å². The molecule has 0 bridgehead atoms. The van der Waals surface area contributed by atoms with Gasteiger partial charge in [-0.15, -0.1) is 0 Å².